The second-order valence-electron chi connectivity index (χ2n) is 8.27. The summed E-state index contributed by atoms with van der Waals surface area (Å²) in [6.45, 7) is 1.78. The number of ether oxygens (including phenoxy) is 1. The summed E-state index contributed by atoms with van der Waals surface area (Å²) in [5, 5.41) is 12.8. The van der Waals surface area contributed by atoms with Crippen molar-refractivity contribution in [3.8, 4) is 11.5 Å². The molecule has 8 heteroatoms. The average Bonchev–Trinajstić information content (AvgIpc) is 3.18. The number of nitrogens with one attached hydrogen (secondary N) is 1. The number of thiazole rings is 1. The number of aromatic hydroxyl groups is 1. The molecule has 2 N–H and O–H groups in total. The van der Waals surface area contributed by atoms with E-state index < -0.39 is 6.04 Å². The third-order valence-electron chi connectivity index (χ3n) is 5.88. The molecule has 0 bridgehead atoms. The molecule has 2 heterocycles. The van der Waals surface area contributed by atoms with Crippen molar-refractivity contribution in [1.82, 2.24) is 4.57 Å². The van der Waals surface area contributed by atoms with Crippen LogP contribution in [0.25, 0.3) is 6.08 Å². The number of phenolic OH excluding ortho intramolecular Hbond substituents is 1. The SMILES string of the molecule is COc1cccc([C@@H]2C(C(=O)Nc3ccccc3)=C(C)N=c3s/c(=C\c4cccc(O)c4)c(=O)n32)c1. The Morgan fingerprint density at radius 1 is 1.08 bits per heavy atom. The van der Waals surface area contributed by atoms with Gasteiger partial charge < -0.3 is 15.2 Å². The highest BCUT2D eigenvalue weighted by Gasteiger charge is 2.32. The quantitative estimate of drug-likeness (QED) is 0.441. The summed E-state index contributed by atoms with van der Waals surface area (Å²) < 4.78 is 7.43. The van der Waals surface area contributed by atoms with Gasteiger partial charge in [0.15, 0.2) is 4.80 Å². The first kappa shape index (κ1) is 23.3. The van der Waals surface area contributed by atoms with Crippen LogP contribution in [0, 0.1) is 0 Å². The van der Waals surface area contributed by atoms with Gasteiger partial charge in [0.25, 0.3) is 11.5 Å². The minimum atomic E-state index is -0.702. The number of methoxy groups -OCH3 is 1. The van der Waals surface area contributed by atoms with Crippen molar-refractivity contribution in [2.24, 2.45) is 4.99 Å². The van der Waals surface area contributed by atoms with Crippen LogP contribution in [-0.4, -0.2) is 22.7 Å². The van der Waals surface area contributed by atoms with Crippen molar-refractivity contribution >= 4 is 29.0 Å². The van der Waals surface area contributed by atoms with Crippen LogP contribution >= 0.6 is 11.3 Å². The molecule has 1 aromatic heterocycles. The zero-order valence-corrected chi connectivity index (χ0v) is 20.5. The fourth-order valence-electron chi connectivity index (χ4n) is 4.22. The molecule has 7 nitrogen and oxygen atoms in total. The number of carbonyl (C=O) groups excluding carboxylic acids is 1. The number of nitrogens with zero attached hydrogens (tertiary/aromatic N) is 2. The third kappa shape index (κ3) is 4.46. The summed E-state index contributed by atoms with van der Waals surface area (Å²) in [4.78, 5) is 32.4. The smallest absolute Gasteiger partial charge is 0.271 e. The maximum atomic E-state index is 13.7. The summed E-state index contributed by atoms with van der Waals surface area (Å²) >= 11 is 1.24. The molecule has 0 saturated heterocycles. The molecule has 3 aromatic carbocycles. The largest absolute Gasteiger partial charge is 0.508 e. The lowest BCUT2D eigenvalue weighted by atomic mass is 9.95. The first-order chi connectivity index (χ1) is 17.4. The zero-order valence-electron chi connectivity index (χ0n) is 19.6. The highest BCUT2D eigenvalue weighted by molar-refractivity contribution is 7.07. The van der Waals surface area contributed by atoms with Crippen molar-refractivity contribution in [1.29, 1.82) is 0 Å². The number of allylic oxidation sites excluding steroid dienone is 1. The van der Waals surface area contributed by atoms with Gasteiger partial charge in [-0.2, -0.15) is 0 Å². The normalized spacial score (nSPS) is 15.3. The Balaban J connectivity index is 1.69. The summed E-state index contributed by atoms with van der Waals surface area (Å²) in [5.74, 6) is 0.394. The third-order valence-corrected chi connectivity index (χ3v) is 6.86. The van der Waals surface area contributed by atoms with Gasteiger partial charge in [-0.05, 0) is 60.5 Å². The molecule has 1 aliphatic heterocycles. The zero-order chi connectivity index (χ0) is 25.2. The van der Waals surface area contributed by atoms with E-state index >= 15 is 0 Å². The fourth-order valence-corrected chi connectivity index (χ4v) is 5.27. The molecular weight excluding hydrogens is 474 g/mol. The van der Waals surface area contributed by atoms with Crippen LogP contribution in [0.2, 0.25) is 0 Å². The molecule has 0 saturated carbocycles. The van der Waals surface area contributed by atoms with Crippen molar-refractivity contribution in [2.75, 3.05) is 12.4 Å². The molecule has 180 valence electrons. The molecule has 1 amide bonds. The van der Waals surface area contributed by atoms with E-state index in [4.69, 9.17) is 4.74 Å². The predicted octanol–water partition coefficient (Wildman–Crippen LogP) is 3.59. The van der Waals surface area contributed by atoms with Gasteiger partial charge in [-0.3, -0.25) is 14.2 Å². The van der Waals surface area contributed by atoms with Crippen LogP contribution in [0.3, 0.4) is 0 Å². The molecule has 1 atom stereocenters. The number of benzene rings is 3. The van der Waals surface area contributed by atoms with Crippen molar-refractivity contribution in [2.45, 2.75) is 13.0 Å². The Hall–Kier alpha value is -4.43. The maximum absolute atomic E-state index is 13.7. The van der Waals surface area contributed by atoms with Crippen molar-refractivity contribution in [3.05, 3.63) is 121 Å². The highest BCUT2D eigenvalue weighted by atomic mass is 32.1. The summed E-state index contributed by atoms with van der Waals surface area (Å²) in [5.41, 5.74) is 2.70. The Kier molecular flexibility index (Phi) is 6.26. The second kappa shape index (κ2) is 9.67. The lowest BCUT2D eigenvalue weighted by Gasteiger charge is -2.25. The second-order valence-corrected chi connectivity index (χ2v) is 9.28. The molecular formula is C28H23N3O4S. The van der Waals surface area contributed by atoms with E-state index in [0.717, 1.165) is 5.56 Å². The van der Waals surface area contributed by atoms with Crippen LogP contribution in [0.4, 0.5) is 5.69 Å². The number of carbonyl (C=O) groups is 1. The molecule has 0 radical (unpaired) electrons. The molecule has 0 unspecified atom stereocenters. The van der Waals surface area contributed by atoms with Crippen molar-refractivity contribution < 1.29 is 14.6 Å². The monoisotopic (exact) mass is 497 g/mol. The highest BCUT2D eigenvalue weighted by Crippen LogP contribution is 2.32. The maximum Gasteiger partial charge on any atom is 0.271 e. The summed E-state index contributed by atoms with van der Waals surface area (Å²) in [6.07, 6.45) is 1.72. The Bertz CT molecular complexity index is 1670. The number of phenols is 1. The number of rotatable bonds is 5. The Morgan fingerprint density at radius 3 is 2.61 bits per heavy atom. The van der Waals surface area contributed by atoms with E-state index in [1.54, 1.807) is 61.1 Å². The van der Waals surface area contributed by atoms with E-state index in [-0.39, 0.29) is 17.2 Å². The van der Waals surface area contributed by atoms with E-state index in [1.807, 2.05) is 42.5 Å². The van der Waals surface area contributed by atoms with E-state index in [9.17, 15) is 14.7 Å². The number of aromatic nitrogens is 1. The Labute approximate surface area is 211 Å². The molecule has 4 aromatic rings. The van der Waals surface area contributed by atoms with E-state index in [2.05, 4.69) is 10.3 Å². The number of para-hydroxylation sites is 1. The number of anilines is 1. The number of hydrogen-bond acceptors (Lipinski definition) is 6. The summed E-state index contributed by atoms with van der Waals surface area (Å²) in [6, 6.07) is 22.5. The van der Waals surface area contributed by atoms with Gasteiger partial charge in [-0.15, -0.1) is 0 Å². The average molecular weight is 498 g/mol. The molecule has 5 rings (SSSR count). The molecule has 0 spiro atoms. The van der Waals surface area contributed by atoms with Gasteiger partial charge in [-0.25, -0.2) is 4.99 Å². The first-order valence-electron chi connectivity index (χ1n) is 11.3. The molecule has 36 heavy (non-hydrogen) atoms. The van der Waals surface area contributed by atoms with E-state index in [1.165, 1.54) is 11.3 Å². The van der Waals surface area contributed by atoms with E-state index in [0.29, 0.717) is 37.6 Å². The van der Waals surface area contributed by atoms with Crippen LogP contribution in [0.5, 0.6) is 11.5 Å². The van der Waals surface area contributed by atoms with Gasteiger partial charge in [0.05, 0.1) is 29.0 Å². The molecule has 0 aliphatic carbocycles. The number of amides is 1. The van der Waals surface area contributed by atoms with Crippen LogP contribution in [-0.2, 0) is 4.79 Å². The predicted molar refractivity (Wildman–Crippen MR) is 140 cm³/mol. The van der Waals surface area contributed by atoms with Gasteiger partial charge in [0.2, 0.25) is 0 Å². The lowest BCUT2D eigenvalue weighted by Crippen LogP contribution is -2.40. The van der Waals surface area contributed by atoms with Gasteiger partial charge in [0, 0.05) is 5.69 Å². The van der Waals surface area contributed by atoms with Gasteiger partial charge in [-0.1, -0.05) is 53.8 Å². The minimum Gasteiger partial charge on any atom is -0.508 e. The van der Waals surface area contributed by atoms with Crippen LogP contribution in [0.15, 0.2) is 99.9 Å². The standard InChI is InChI=1S/C28H23N3O4S/c1-17-24(26(33)30-20-10-4-3-5-11-20)25(19-9-7-13-22(16-19)35-2)31-27(34)23(36-28(31)29-17)15-18-8-6-12-21(32)14-18/h3-16,25,32H,1-2H3,(H,30,33)/b23-15-/t25-/m1/s1. The lowest BCUT2D eigenvalue weighted by molar-refractivity contribution is -0.113. The van der Waals surface area contributed by atoms with Crippen LogP contribution in [0.1, 0.15) is 24.1 Å². The molecule has 0 fully saturated rings. The van der Waals surface area contributed by atoms with Crippen molar-refractivity contribution in [3.63, 3.8) is 0 Å². The summed E-state index contributed by atoms with van der Waals surface area (Å²) in [7, 11) is 1.57. The fraction of sp³-hybridized carbons (Fsp3) is 0.107. The number of hydrogen-bond donors (Lipinski definition) is 2. The topological polar surface area (TPSA) is 92.9 Å². The van der Waals surface area contributed by atoms with Crippen LogP contribution < -0.4 is 24.9 Å². The molecule has 1 aliphatic rings. The Morgan fingerprint density at radius 2 is 1.86 bits per heavy atom. The van der Waals surface area contributed by atoms with Gasteiger partial charge >= 0.3 is 0 Å². The number of fused-ring (bicyclic) bond motifs is 1. The first-order valence-corrected chi connectivity index (χ1v) is 12.1. The minimum absolute atomic E-state index is 0.112. The van der Waals surface area contributed by atoms with Gasteiger partial charge in [0.1, 0.15) is 11.5 Å².